The van der Waals surface area contributed by atoms with Crippen molar-refractivity contribution in [3.05, 3.63) is 0 Å². The molecule has 0 unspecified atom stereocenters. The predicted octanol–water partition coefficient (Wildman–Crippen LogP) is 1.29. The van der Waals surface area contributed by atoms with Gasteiger partial charge in [-0.25, -0.2) is 4.72 Å². The number of nitrogens with zero attached hydrogens (tertiary/aromatic N) is 1. The zero-order valence-corrected chi connectivity index (χ0v) is 13.0. The highest BCUT2D eigenvalue weighted by Gasteiger charge is 2.15. The third-order valence-corrected chi connectivity index (χ3v) is 4.38. The van der Waals surface area contributed by atoms with E-state index < -0.39 is 10.2 Å². The lowest BCUT2D eigenvalue weighted by molar-refractivity contribution is -0.140. The summed E-state index contributed by atoms with van der Waals surface area (Å²) in [6.07, 6.45) is 4.46. The van der Waals surface area contributed by atoms with Gasteiger partial charge in [0.15, 0.2) is 0 Å². The highest BCUT2D eigenvalue weighted by molar-refractivity contribution is 7.87. The molecule has 114 valence electrons. The monoisotopic (exact) mass is 294 g/mol. The van der Waals surface area contributed by atoms with Crippen LogP contribution in [-0.2, 0) is 19.7 Å². The number of hydrogen-bond acceptors (Lipinski definition) is 4. The van der Waals surface area contributed by atoms with Crippen LogP contribution in [0.15, 0.2) is 0 Å². The Labute approximate surface area is 116 Å². The Morgan fingerprint density at radius 1 is 1.21 bits per heavy atom. The van der Waals surface area contributed by atoms with E-state index in [2.05, 4.69) is 9.46 Å². The number of hydrogen-bond donors (Lipinski definition) is 1. The van der Waals surface area contributed by atoms with E-state index in [-0.39, 0.29) is 5.97 Å². The van der Waals surface area contributed by atoms with Crippen molar-refractivity contribution >= 4 is 16.2 Å². The molecule has 7 heteroatoms. The van der Waals surface area contributed by atoms with Crippen molar-refractivity contribution in [3.8, 4) is 0 Å². The first-order valence-electron chi connectivity index (χ1n) is 6.71. The van der Waals surface area contributed by atoms with Crippen LogP contribution in [0.25, 0.3) is 0 Å². The molecule has 0 heterocycles. The first-order valence-corrected chi connectivity index (χ1v) is 8.15. The third-order valence-electron chi connectivity index (χ3n) is 2.81. The van der Waals surface area contributed by atoms with Crippen LogP contribution >= 0.6 is 0 Å². The highest BCUT2D eigenvalue weighted by atomic mass is 32.2. The summed E-state index contributed by atoms with van der Waals surface area (Å²) in [6.45, 7) is 2.96. The van der Waals surface area contributed by atoms with E-state index in [4.69, 9.17) is 0 Å². The van der Waals surface area contributed by atoms with Gasteiger partial charge in [-0.2, -0.15) is 12.7 Å². The number of carbonyl (C=O) groups excluding carboxylic acids is 1. The zero-order valence-electron chi connectivity index (χ0n) is 12.1. The molecule has 0 radical (unpaired) electrons. The summed E-state index contributed by atoms with van der Waals surface area (Å²) in [5.41, 5.74) is 0. The van der Waals surface area contributed by atoms with E-state index in [0.717, 1.165) is 32.1 Å². The Bertz CT molecular complexity index is 344. The van der Waals surface area contributed by atoms with Gasteiger partial charge in [0.1, 0.15) is 0 Å². The molecular weight excluding hydrogens is 268 g/mol. The Kier molecular flexibility index (Phi) is 9.81. The van der Waals surface area contributed by atoms with Crippen molar-refractivity contribution in [2.24, 2.45) is 0 Å². The van der Waals surface area contributed by atoms with Gasteiger partial charge in [0.05, 0.1) is 7.11 Å². The van der Waals surface area contributed by atoms with Crippen LogP contribution in [0.1, 0.15) is 45.4 Å². The van der Waals surface area contributed by atoms with Crippen molar-refractivity contribution < 1.29 is 17.9 Å². The molecule has 0 aromatic rings. The second-order valence-electron chi connectivity index (χ2n) is 4.46. The largest absolute Gasteiger partial charge is 0.469 e. The maximum Gasteiger partial charge on any atom is 0.305 e. The molecule has 0 saturated carbocycles. The van der Waals surface area contributed by atoms with E-state index in [1.807, 2.05) is 6.92 Å². The Morgan fingerprint density at radius 3 is 2.47 bits per heavy atom. The van der Waals surface area contributed by atoms with Gasteiger partial charge in [-0.3, -0.25) is 4.79 Å². The maximum absolute atomic E-state index is 11.8. The van der Waals surface area contributed by atoms with Crippen molar-refractivity contribution in [1.82, 2.24) is 9.03 Å². The molecule has 0 rings (SSSR count). The molecular formula is C12H26N2O4S. The number of unbranched alkanes of at least 4 members (excludes halogenated alkanes) is 3. The normalized spacial score (nSPS) is 11.8. The van der Waals surface area contributed by atoms with Crippen LogP contribution in [0.4, 0.5) is 0 Å². The molecule has 0 fully saturated rings. The van der Waals surface area contributed by atoms with Gasteiger partial charge in [0.25, 0.3) is 10.2 Å². The van der Waals surface area contributed by atoms with Crippen molar-refractivity contribution in [2.75, 3.05) is 27.2 Å². The highest BCUT2D eigenvalue weighted by Crippen LogP contribution is 2.02. The number of nitrogens with one attached hydrogen (secondary N) is 1. The lowest BCUT2D eigenvalue weighted by Crippen LogP contribution is -2.39. The average Bonchev–Trinajstić information content (AvgIpc) is 2.39. The third kappa shape index (κ3) is 8.96. The molecule has 0 aromatic carbocycles. The molecule has 0 atom stereocenters. The SMILES string of the molecule is CCCCN(C)S(=O)(=O)NCCCCCC(=O)OC. The fourth-order valence-corrected chi connectivity index (χ4v) is 2.48. The van der Waals surface area contributed by atoms with Gasteiger partial charge in [0.2, 0.25) is 0 Å². The first kappa shape index (κ1) is 18.3. The van der Waals surface area contributed by atoms with Crippen LogP contribution < -0.4 is 4.72 Å². The summed E-state index contributed by atoms with van der Waals surface area (Å²) in [6, 6.07) is 0. The van der Waals surface area contributed by atoms with Crippen molar-refractivity contribution in [2.45, 2.75) is 45.4 Å². The predicted molar refractivity (Wildman–Crippen MR) is 74.9 cm³/mol. The molecule has 0 amide bonds. The van der Waals surface area contributed by atoms with E-state index in [9.17, 15) is 13.2 Å². The topological polar surface area (TPSA) is 75.7 Å². The van der Waals surface area contributed by atoms with Crippen molar-refractivity contribution in [3.63, 3.8) is 0 Å². The second-order valence-corrected chi connectivity index (χ2v) is 6.32. The lowest BCUT2D eigenvalue weighted by Gasteiger charge is -2.17. The van der Waals surface area contributed by atoms with Crippen LogP contribution in [0, 0.1) is 0 Å². The van der Waals surface area contributed by atoms with Gasteiger partial charge < -0.3 is 4.74 Å². The molecule has 6 nitrogen and oxygen atoms in total. The van der Waals surface area contributed by atoms with Crippen LogP contribution in [-0.4, -0.2) is 45.9 Å². The van der Waals surface area contributed by atoms with E-state index >= 15 is 0 Å². The van der Waals surface area contributed by atoms with Gasteiger partial charge >= 0.3 is 5.97 Å². The van der Waals surface area contributed by atoms with E-state index in [1.165, 1.54) is 11.4 Å². The molecule has 0 saturated heterocycles. The lowest BCUT2D eigenvalue weighted by atomic mass is 10.2. The molecule has 0 aliphatic carbocycles. The standard InChI is InChI=1S/C12H26N2O4S/c1-4-5-11-14(2)19(16,17)13-10-8-6-7-9-12(15)18-3/h13H,4-11H2,1-3H3. The summed E-state index contributed by atoms with van der Waals surface area (Å²) >= 11 is 0. The summed E-state index contributed by atoms with van der Waals surface area (Å²) in [4.78, 5) is 10.9. The fraction of sp³-hybridized carbons (Fsp3) is 0.917. The fourth-order valence-electron chi connectivity index (χ4n) is 1.49. The average molecular weight is 294 g/mol. The Balaban J connectivity index is 3.72. The minimum Gasteiger partial charge on any atom is -0.469 e. The molecule has 19 heavy (non-hydrogen) atoms. The molecule has 0 spiro atoms. The van der Waals surface area contributed by atoms with E-state index in [0.29, 0.717) is 19.5 Å². The minimum absolute atomic E-state index is 0.222. The van der Waals surface area contributed by atoms with Gasteiger partial charge in [0, 0.05) is 26.6 Å². The first-order chi connectivity index (χ1) is 8.94. The molecule has 0 aromatic heterocycles. The number of methoxy groups -OCH3 is 1. The Hall–Kier alpha value is -0.660. The molecule has 1 N–H and O–H groups in total. The van der Waals surface area contributed by atoms with Crippen LogP contribution in [0.5, 0.6) is 0 Å². The van der Waals surface area contributed by atoms with Gasteiger partial charge in [-0.15, -0.1) is 0 Å². The summed E-state index contributed by atoms with van der Waals surface area (Å²) in [5, 5.41) is 0. The molecule has 0 aliphatic rings. The molecule has 0 aliphatic heterocycles. The summed E-state index contributed by atoms with van der Waals surface area (Å²) < 4.78 is 31.9. The quantitative estimate of drug-likeness (QED) is 0.460. The molecule has 0 bridgehead atoms. The Morgan fingerprint density at radius 2 is 1.89 bits per heavy atom. The van der Waals surface area contributed by atoms with Crippen molar-refractivity contribution in [1.29, 1.82) is 0 Å². The van der Waals surface area contributed by atoms with Gasteiger partial charge in [-0.1, -0.05) is 19.8 Å². The number of ether oxygens (including phenoxy) is 1. The minimum atomic E-state index is -3.35. The van der Waals surface area contributed by atoms with Gasteiger partial charge in [-0.05, 0) is 19.3 Å². The van der Waals surface area contributed by atoms with Crippen LogP contribution in [0.2, 0.25) is 0 Å². The second kappa shape index (κ2) is 10.2. The summed E-state index contributed by atoms with van der Waals surface area (Å²) in [7, 11) is -0.407. The maximum atomic E-state index is 11.8. The van der Waals surface area contributed by atoms with Crippen LogP contribution in [0.3, 0.4) is 0 Å². The smallest absolute Gasteiger partial charge is 0.305 e. The number of esters is 1. The van der Waals surface area contributed by atoms with E-state index in [1.54, 1.807) is 7.05 Å². The number of carbonyl (C=O) groups is 1. The zero-order chi connectivity index (χ0) is 14.7. The number of rotatable bonds is 11. The summed E-state index contributed by atoms with van der Waals surface area (Å²) in [5.74, 6) is -0.222.